The van der Waals surface area contributed by atoms with E-state index in [-0.39, 0.29) is 0 Å². The van der Waals surface area contributed by atoms with Gasteiger partial charge in [0.1, 0.15) is 11.4 Å². The molecule has 0 saturated heterocycles. The van der Waals surface area contributed by atoms with Crippen molar-refractivity contribution in [1.29, 1.82) is 0 Å². The molecule has 23 aromatic carbocycles. The second-order valence-corrected chi connectivity index (χ2v) is 39.1. The van der Waals surface area contributed by atoms with Gasteiger partial charge >= 0.3 is 0 Å². The van der Waals surface area contributed by atoms with E-state index in [1.54, 1.807) is 0 Å². The minimum atomic E-state index is 0.763. The molecule has 686 valence electrons. The van der Waals surface area contributed by atoms with Crippen LogP contribution in [0.1, 0.15) is 0 Å². The monoisotopic (exact) mass is 1880 g/mol. The number of fused-ring (bicyclic) bond motifs is 24. The maximum Gasteiger partial charge on any atom is 0.165 e. The molecule has 0 spiro atoms. The van der Waals surface area contributed by atoms with E-state index >= 15 is 0 Å². The van der Waals surface area contributed by atoms with Crippen molar-refractivity contribution < 1.29 is 0 Å². The summed E-state index contributed by atoms with van der Waals surface area (Å²) in [6.07, 6.45) is 0. The average molecular weight is 1880 g/mol. The molecule has 10 nitrogen and oxygen atoms in total. The van der Waals surface area contributed by atoms with Crippen LogP contribution >= 0.6 is 0 Å². The van der Waals surface area contributed by atoms with Crippen molar-refractivity contribution in [3.63, 3.8) is 0 Å². The quantitative estimate of drug-likeness (QED) is 0.109. The Morgan fingerprint density at radius 2 is 0.385 bits per heavy atom. The van der Waals surface area contributed by atoms with Crippen LogP contribution in [0.15, 0.2) is 510 Å². The molecule has 148 heavy (non-hydrogen) atoms. The highest BCUT2D eigenvalue weighted by Gasteiger charge is 2.31. The second-order valence-electron chi connectivity index (χ2n) is 39.1. The van der Waals surface area contributed by atoms with Gasteiger partial charge in [-0.3, -0.25) is 9.13 Å². The summed E-state index contributed by atoms with van der Waals surface area (Å²) >= 11 is 0. The van der Waals surface area contributed by atoms with E-state index in [1.807, 2.05) is 6.07 Å². The molecule has 10 heteroatoms. The van der Waals surface area contributed by atoms with Crippen LogP contribution in [-0.4, -0.2) is 47.3 Å². The van der Waals surface area contributed by atoms with Crippen molar-refractivity contribution in [2.24, 2.45) is 0 Å². The molecule has 8 heterocycles. The first kappa shape index (κ1) is 82.8. The summed E-state index contributed by atoms with van der Waals surface area (Å²) < 4.78 is 14.8. The van der Waals surface area contributed by atoms with Gasteiger partial charge in [0.05, 0.1) is 99.6 Å². The number of hydrogen-bond donors (Lipinski definition) is 0. The molecule has 0 saturated carbocycles. The fourth-order valence-electron chi connectivity index (χ4n) is 24.3. The van der Waals surface area contributed by atoms with Crippen LogP contribution in [0.5, 0.6) is 0 Å². The molecule has 0 atom stereocenters. The summed E-state index contributed by atoms with van der Waals surface area (Å²) in [7, 11) is 0. The lowest BCUT2D eigenvalue weighted by atomic mass is 9.95. The normalized spacial score (nSPS) is 12.1. The van der Waals surface area contributed by atoms with E-state index in [1.165, 1.54) is 48.7 Å². The zero-order valence-electron chi connectivity index (χ0n) is 80.0. The summed E-state index contributed by atoms with van der Waals surface area (Å²) in [5.74, 6) is 1.54. The first-order valence-corrected chi connectivity index (χ1v) is 50.6. The molecule has 0 unspecified atom stereocenters. The predicted molar refractivity (Wildman–Crippen MR) is 617 cm³/mol. The molecule has 31 aromatic rings. The molecule has 0 radical (unpaired) electrons. The topological polar surface area (TPSA) is 81.1 Å². The van der Waals surface area contributed by atoms with Gasteiger partial charge in [-0.25, -0.2) is 19.9 Å². The number of para-hydroxylation sites is 9. The van der Waals surface area contributed by atoms with E-state index in [4.69, 9.17) is 19.9 Å². The molecule has 8 aromatic heterocycles. The van der Waals surface area contributed by atoms with Gasteiger partial charge in [-0.1, -0.05) is 346 Å². The van der Waals surface area contributed by atoms with Gasteiger partial charge in [0.15, 0.2) is 11.6 Å². The standard InChI is InChI=1S/C138H84N10/c1-4-30-85(31-5-1)90-58-62-92(63-59-90)101-79-102(83-104(82-101)143-115-49-23-16-42-107(115)131-125(143)72-74-127-133(131)109-44-18-25-51-117(109)145(127)121-54-28-56-123-129(121)105-40-14-26-52-118(105)147(123)137-135(139-111-45-19-21-47-113(111)141-137)97-68-66-88-36-10-12-38-94(88)76-97)93-64-60-91(61-65-93)96-70-71-120-110(84-96)134-128(75-73-126-132(134)108-43-17-24-50-116(108)144(126)103-80-99(86-32-6-2-7-33-86)78-100(81-103)87-34-8-3-9-35-87)146(120)122-55-29-57-124-130(122)106-41-15-27-53-119(106)148(124)138-136(140-112-46-20-22-48-114(112)142-138)98-69-67-89-37-11-13-39-95(89)77-98/h1-84H. The Labute approximate surface area is 849 Å². The molecule has 0 aliphatic rings. The largest absolute Gasteiger partial charge is 0.309 e. The highest BCUT2D eigenvalue weighted by Crippen LogP contribution is 2.52. The van der Waals surface area contributed by atoms with Gasteiger partial charge in [0, 0.05) is 87.1 Å². The van der Waals surface area contributed by atoms with Gasteiger partial charge in [0.2, 0.25) is 0 Å². The van der Waals surface area contributed by atoms with Crippen molar-refractivity contribution >= 4 is 174 Å². The third-order valence-electron chi connectivity index (χ3n) is 30.9. The molecule has 0 N–H and O–H groups in total. The van der Waals surface area contributed by atoms with Crippen LogP contribution in [0.25, 0.3) is 298 Å². The zero-order valence-corrected chi connectivity index (χ0v) is 80.0. The lowest BCUT2D eigenvalue weighted by Gasteiger charge is -2.15. The fourth-order valence-corrected chi connectivity index (χ4v) is 24.3. The van der Waals surface area contributed by atoms with Gasteiger partial charge in [-0.2, -0.15) is 0 Å². The first-order valence-electron chi connectivity index (χ1n) is 50.6. The summed E-state index contributed by atoms with van der Waals surface area (Å²) in [4.78, 5) is 22.4. The molecule has 0 fully saturated rings. The molecule has 0 bridgehead atoms. The van der Waals surface area contributed by atoms with Crippen molar-refractivity contribution in [3.8, 4) is 124 Å². The Balaban J connectivity index is 0.591. The van der Waals surface area contributed by atoms with Gasteiger partial charge in [-0.05, 0) is 252 Å². The highest BCUT2D eigenvalue weighted by atomic mass is 15.1. The minimum Gasteiger partial charge on any atom is -0.309 e. The van der Waals surface area contributed by atoms with Gasteiger partial charge < -0.3 is 18.3 Å². The van der Waals surface area contributed by atoms with Gasteiger partial charge in [0.25, 0.3) is 0 Å². The van der Waals surface area contributed by atoms with Crippen molar-refractivity contribution in [1.82, 2.24) is 47.3 Å². The third-order valence-corrected chi connectivity index (χ3v) is 30.9. The van der Waals surface area contributed by atoms with Crippen molar-refractivity contribution in [2.75, 3.05) is 0 Å². The van der Waals surface area contributed by atoms with Crippen LogP contribution in [0.3, 0.4) is 0 Å². The molecule has 0 aliphatic heterocycles. The SMILES string of the molecule is c1ccc(-c2ccc(-c3cc(-c4ccc(-c5ccc6c(c5)c5c7c8ccccc8n(-c8cc(-c9ccccc9)cc(-c9ccccc9)c8)c7ccc5n6-c5cccc6c5c5ccccc5n6-c5nc6ccccc6nc5-c5ccc6ccccc6c5)cc4)cc(-n4c5ccccc5c5c6c7ccccc7n(-c7cccc8c7c7ccccc7n8-c7nc8ccccc8nc7-c7ccc8ccccc8c7)c6ccc54)c3)cc2)cc1. The van der Waals surface area contributed by atoms with Crippen molar-refractivity contribution in [2.45, 2.75) is 0 Å². The Morgan fingerprint density at radius 3 is 0.784 bits per heavy atom. The number of benzene rings is 23. The Bertz CT molecular complexity index is 11000. The highest BCUT2D eigenvalue weighted by molar-refractivity contribution is 6.32. The van der Waals surface area contributed by atoms with Crippen LogP contribution in [0, 0.1) is 0 Å². The smallest absolute Gasteiger partial charge is 0.165 e. The Morgan fingerprint density at radius 1 is 0.128 bits per heavy atom. The lowest BCUT2D eigenvalue weighted by Crippen LogP contribution is -2.04. The lowest BCUT2D eigenvalue weighted by molar-refractivity contribution is 1.08. The summed E-state index contributed by atoms with van der Waals surface area (Å²) in [5, 5.41) is 18.4. The van der Waals surface area contributed by atoms with Crippen LogP contribution in [-0.2, 0) is 0 Å². The number of aromatic nitrogens is 10. The van der Waals surface area contributed by atoms with E-state index in [0.29, 0.717) is 0 Å². The summed E-state index contributed by atoms with van der Waals surface area (Å²) in [6, 6.07) is 187. The molecule has 0 aliphatic carbocycles. The predicted octanol–water partition coefficient (Wildman–Crippen LogP) is 35.8. The van der Waals surface area contributed by atoms with Gasteiger partial charge in [-0.15, -0.1) is 0 Å². The maximum atomic E-state index is 5.67. The zero-order chi connectivity index (χ0) is 96.9. The average Bonchev–Trinajstić information content (AvgIpc) is 1.53. The summed E-state index contributed by atoms with van der Waals surface area (Å²) in [6.45, 7) is 0. The van der Waals surface area contributed by atoms with E-state index in [0.717, 1.165) is 249 Å². The second kappa shape index (κ2) is 32.8. The first-order chi connectivity index (χ1) is 73.4. The number of rotatable bonds is 14. The number of hydrogen-bond acceptors (Lipinski definition) is 4. The Kier molecular flexibility index (Phi) is 18.3. The molecular weight excluding hydrogens is 1800 g/mol. The number of nitrogens with zero attached hydrogens (tertiary/aromatic N) is 10. The van der Waals surface area contributed by atoms with Crippen LogP contribution in [0.2, 0.25) is 0 Å². The minimum absolute atomic E-state index is 0.763. The summed E-state index contributed by atoms with van der Waals surface area (Å²) in [5.41, 5.74) is 37.7. The molecular formula is C138H84N10. The fraction of sp³-hybridized carbons (Fsp3) is 0. The molecule has 31 rings (SSSR count). The Hall–Kier alpha value is -19.9. The van der Waals surface area contributed by atoms with E-state index in [2.05, 4.69) is 531 Å². The van der Waals surface area contributed by atoms with E-state index in [9.17, 15) is 0 Å². The van der Waals surface area contributed by atoms with Crippen LogP contribution in [0.4, 0.5) is 0 Å². The van der Waals surface area contributed by atoms with E-state index < -0.39 is 0 Å². The molecule has 0 amide bonds. The third kappa shape index (κ3) is 12.8. The van der Waals surface area contributed by atoms with Crippen molar-refractivity contribution in [3.05, 3.63) is 510 Å². The van der Waals surface area contributed by atoms with Crippen LogP contribution < -0.4 is 0 Å². The maximum absolute atomic E-state index is 5.67.